The molecular weight excluding hydrogens is 380 g/mol. The third-order valence-electron chi connectivity index (χ3n) is 6.21. The molecule has 146 valence electrons. The first-order chi connectivity index (χ1) is 15.1. The quantitative estimate of drug-likeness (QED) is 0.354. The summed E-state index contributed by atoms with van der Waals surface area (Å²) in [5, 5.41) is 17.2. The molecule has 0 aliphatic heterocycles. The number of nitrogens with zero attached hydrogens (tertiary/aromatic N) is 1. The van der Waals surface area contributed by atoms with Crippen molar-refractivity contribution in [3.63, 3.8) is 0 Å². The van der Waals surface area contributed by atoms with Crippen molar-refractivity contribution in [1.29, 1.82) is 0 Å². The standard InChI is InChI=1S/C26H19B2NO2/c1-28-16-8-10-18-19-9-7-15(27)12-21(19)25-24(20(18)13-16)29-26(31-25)23-17-5-3-2-4-14(17)6-11-22(23)30/h2-13,28,30H,27H2,1H3. The molecular formula is C26H19B2NO2. The molecule has 0 radical (unpaired) electrons. The Morgan fingerprint density at radius 3 is 2.52 bits per heavy atom. The second-order valence-corrected chi connectivity index (χ2v) is 8.16. The van der Waals surface area contributed by atoms with Gasteiger partial charge in [0.05, 0.1) is 5.56 Å². The molecule has 1 heterocycles. The molecule has 0 atom stereocenters. The number of rotatable bonds is 2. The maximum atomic E-state index is 10.7. The van der Waals surface area contributed by atoms with Crippen LogP contribution < -0.4 is 10.9 Å². The molecule has 0 aliphatic rings. The van der Waals surface area contributed by atoms with Gasteiger partial charge in [0.25, 0.3) is 0 Å². The largest absolute Gasteiger partial charge is 0.507 e. The van der Waals surface area contributed by atoms with Crippen molar-refractivity contribution in [3.05, 3.63) is 72.8 Å². The van der Waals surface area contributed by atoms with Gasteiger partial charge in [-0.05, 0) is 27.6 Å². The Morgan fingerprint density at radius 1 is 0.839 bits per heavy atom. The fourth-order valence-corrected chi connectivity index (χ4v) is 4.60. The maximum absolute atomic E-state index is 10.7. The van der Waals surface area contributed by atoms with E-state index in [4.69, 9.17) is 9.40 Å². The number of hydrogen-bond acceptors (Lipinski definition) is 3. The fourth-order valence-electron chi connectivity index (χ4n) is 4.60. The van der Waals surface area contributed by atoms with E-state index in [1.807, 2.05) is 30.3 Å². The first-order valence-corrected chi connectivity index (χ1v) is 10.6. The minimum absolute atomic E-state index is 0.171. The molecule has 0 aliphatic carbocycles. The van der Waals surface area contributed by atoms with Gasteiger partial charge in [-0.25, -0.2) is 4.98 Å². The van der Waals surface area contributed by atoms with Gasteiger partial charge in [0, 0.05) is 10.8 Å². The van der Waals surface area contributed by atoms with Crippen molar-refractivity contribution in [2.24, 2.45) is 0 Å². The highest BCUT2D eigenvalue weighted by Gasteiger charge is 2.20. The number of aromatic hydroxyl groups is 1. The summed E-state index contributed by atoms with van der Waals surface area (Å²) in [5.74, 6) is 0.616. The van der Waals surface area contributed by atoms with Crippen molar-refractivity contribution in [2.45, 2.75) is 6.82 Å². The zero-order valence-electron chi connectivity index (χ0n) is 17.4. The summed E-state index contributed by atoms with van der Waals surface area (Å²) in [5.41, 5.74) is 4.67. The van der Waals surface area contributed by atoms with Gasteiger partial charge in [-0.1, -0.05) is 84.5 Å². The van der Waals surface area contributed by atoms with Crippen molar-refractivity contribution in [2.75, 3.05) is 0 Å². The molecule has 0 bridgehead atoms. The predicted octanol–water partition coefficient (Wildman–Crippen LogP) is 4.03. The molecule has 1 N–H and O–H groups in total. The molecule has 6 aromatic rings. The van der Waals surface area contributed by atoms with Crippen LogP contribution in [0.4, 0.5) is 0 Å². The highest BCUT2D eigenvalue weighted by molar-refractivity contribution is 6.52. The van der Waals surface area contributed by atoms with Gasteiger partial charge in [0.2, 0.25) is 5.89 Å². The molecule has 3 nitrogen and oxygen atoms in total. The van der Waals surface area contributed by atoms with Crippen molar-refractivity contribution in [3.8, 4) is 17.2 Å². The third kappa shape index (κ3) is 2.66. The summed E-state index contributed by atoms with van der Waals surface area (Å²) in [7, 11) is 3.04. The monoisotopic (exact) mass is 399 g/mol. The first kappa shape index (κ1) is 18.1. The number of phenols is 1. The van der Waals surface area contributed by atoms with E-state index in [1.165, 1.54) is 16.3 Å². The van der Waals surface area contributed by atoms with E-state index in [0.717, 1.165) is 45.3 Å². The number of aromatic nitrogens is 1. The molecule has 0 spiro atoms. The maximum Gasteiger partial charge on any atom is 0.231 e. The minimum atomic E-state index is 0.171. The van der Waals surface area contributed by atoms with Crippen molar-refractivity contribution in [1.82, 2.24) is 4.98 Å². The van der Waals surface area contributed by atoms with Gasteiger partial charge in [-0.2, -0.15) is 0 Å². The molecule has 5 heteroatoms. The molecule has 1 aromatic heterocycles. The van der Waals surface area contributed by atoms with Crippen LogP contribution in [-0.4, -0.2) is 25.2 Å². The van der Waals surface area contributed by atoms with E-state index >= 15 is 0 Å². The highest BCUT2D eigenvalue weighted by Crippen LogP contribution is 2.41. The van der Waals surface area contributed by atoms with Crippen LogP contribution in [0.3, 0.4) is 0 Å². The van der Waals surface area contributed by atoms with Crippen LogP contribution >= 0.6 is 0 Å². The van der Waals surface area contributed by atoms with E-state index in [9.17, 15) is 5.11 Å². The highest BCUT2D eigenvalue weighted by atomic mass is 16.3. The van der Waals surface area contributed by atoms with E-state index in [1.54, 1.807) is 6.07 Å². The number of oxazole rings is 1. The molecule has 6 rings (SSSR count). The molecule has 0 saturated carbocycles. The minimum Gasteiger partial charge on any atom is -0.507 e. The van der Waals surface area contributed by atoms with E-state index in [2.05, 4.69) is 51.1 Å². The Bertz CT molecular complexity index is 1650. The third-order valence-corrected chi connectivity index (χ3v) is 6.21. The lowest BCUT2D eigenvalue weighted by molar-refractivity contribution is 0.475. The zero-order valence-corrected chi connectivity index (χ0v) is 17.4. The Labute approximate surface area is 181 Å². The summed E-state index contributed by atoms with van der Waals surface area (Å²) in [6, 6.07) is 24.7. The van der Waals surface area contributed by atoms with E-state index in [0.29, 0.717) is 11.5 Å². The summed E-state index contributed by atoms with van der Waals surface area (Å²) < 4.78 is 6.42. The zero-order chi connectivity index (χ0) is 21.1. The molecule has 5 aromatic carbocycles. The lowest BCUT2D eigenvalue weighted by atomic mass is 9.72. The fraction of sp³-hybridized carbons (Fsp3) is 0.0385. The predicted molar refractivity (Wildman–Crippen MR) is 134 cm³/mol. The molecule has 0 amide bonds. The van der Waals surface area contributed by atoms with E-state index in [-0.39, 0.29) is 5.75 Å². The smallest absolute Gasteiger partial charge is 0.231 e. The van der Waals surface area contributed by atoms with Crippen LogP contribution in [-0.2, 0) is 0 Å². The van der Waals surface area contributed by atoms with Crippen LogP contribution in [0.2, 0.25) is 6.82 Å². The summed E-state index contributed by atoms with van der Waals surface area (Å²) in [6.45, 7) is 2.16. The molecule has 0 saturated heterocycles. The van der Waals surface area contributed by atoms with Crippen LogP contribution in [0.15, 0.2) is 77.2 Å². The van der Waals surface area contributed by atoms with Crippen molar-refractivity contribution >= 4 is 69.5 Å². The summed E-state index contributed by atoms with van der Waals surface area (Å²) >= 11 is 0. The van der Waals surface area contributed by atoms with Gasteiger partial charge in [0.15, 0.2) is 12.9 Å². The molecule has 0 fully saturated rings. The lowest BCUT2D eigenvalue weighted by Crippen LogP contribution is -2.09. The lowest BCUT2D eigenvalue weighted by Gasteiger charge is -2.07. The average Bonchev–Trinajstić information content (AvgIpc) is 3.24. The van der Waals surface area contributed by atoms with Gasteiger partial charge >= 0.3 is 0 Å². The normalized spacial score (nSPS) is 11.6. The van der Waals surface area contributed by atoms with Gasteiger partial charge < -0.3 is 9.52 Å². The van der Waals surface area contributed by atoms with Crippen LogP contribution in [0.25, 0.3) is 54.9 Å². The average molecular weight is 399 g/mol. The Morgan fingerprint density at radius 2 is 1.65 bits per heavy atom. The van der Waals surface area contributed by atoms with Gasteiger partial charge in [-0.3, -0.25) is 0 Å². The Kier molecular flexibility index (Phi) is 3.87. The first-order valence-electron chi connectivity index (χ1n) is 10.6. The van der Waals surface area contributed by atoms with Crippen LogP contribution in [0, 0.1) is 0 Å². The number of benzene rings is 5. The summed E-state index contributed by atoms with van der Waals surface area (Å²) in [6.07, 6.45) is 0. The number of fused-ring (bicyclic) bond motifs is 7. The SMILES string of the molecule is Bc1ccc2c3ccc(BC)cc3c3nc(-c4c(O)ccc5ccccc45)oc3c2c1. The topological polar surface area (TPSA) is 46.3 Å². The number of phenolic OH excluding ortho intramolecular Hbond substituents is 1. The molecule has 0 unspecified atom stereocenters. The molecule has 31 heavy (non-hydrogen) atoms. The Hall–Kier alpha value is -3.72. The Balaban J connectivity index is 1.79. The number of hydrogen-bond donors (Lipinski definition) is 1. The van der Waals surface area contributed by atoms with Crippen LogP contribution in [0.5, 0.6) is 5.75 Å². The van der Waals surface area contributed by atoms with E-state index < -0.39 is 0 Å². The second kappa shape index (κ2) is 6.64. The summed E-state index contributed by atoms with van der Waals surface area (Å²) in [4.78, 5) is 4.95. The van der Waals surface area contributed by atoms with Crippen molar-refractivity contribution < 1.29 is 9.52 Å². The van der Waals surface area contributed by atoms with Gasteiger partial charge in [0.1, 0.15) is 19.1 Å². The van der Waals surface area contributed by atoms with Gasteiger partial charge in [-0.15, -0.1) is 0 Å². The second-order valence-electron chi connectivity index (χ2n) is 8.16. The van der Waals surface area contributed by atoms with Crippen LogP contribution in [0.1, 0.15) is 0 Å².